The molecule has 0 radical (unpaired) electrons. The van der Waals surface area contributed by atoms with Gasteiger partial charge in [0, 0.05) is 34.2 Å². The first kappa shape index (κ1) is 20.8. The minimum atomic E-state index is -0.468. The normalized spacial score (nSPS) is 17.0. The van der Waals surface area contributed by atoms with Crippen molar-refractivity contribution in [3.05, 3.63) is 65.3 Å². The number of benzene rings is 2. The fraction of sp³-hybridized carbons (Fsp3) is 0.217. The molecule has 1 N–H and O–H groups in total. The van der Waals surface area contributed by atoms with Crippen LogP contribution < -0.4 is 0 Å². The number of imide groups is 1. The summed E-state index contributed by atoms with van der Waals surface area (Å²) in [6.07, 6.45) is 4.05. The number of carbonyl (C=O) groups excluding carboxylic acids is 2. The van der Waals surface area contributed by atoms with Crippen molar-refractivity contribution < 1.29 is 14.0 Å². The first-order valence-electron chi connectivity index (χ1n) is 10.3. The highest BCUT2D eigenvalue weighted by molar-refractivity contribution is 8.00. The van der Waals surface area contributed by atoms with Gasteiger partial charge in [-0.1, -0.05) is 48.0 Å². The first-order valence-corrected chi connectivity index (χ1v) is 11.5. The Morgan fingerprint density at radius 3 is 2.78 bits per heavy atom. The van der Waals surface area contributed by atoms with E-state index in [0.717, 1.165) is 29.3 Å². The molecule has 1 saturated heterocycles. The van der Waals surface area contributed by atoms with E-state index in [-0.39, 0.29) is 11.8 Å². The van der Waals surface area contributed by atoms with Gasteiger partial charge in [-0.15, -0.1) is 10.2 Å². The van der Waals surface area contributed by atoms with Crippen LogP contribution in [0.4, 0.5) is 0 Å². The van der Waals surface area contributed by atoms with Crippen LogP contribution in [-0.2, 0) is 4.79 Å². The monoisotopic (exact) mass is 466 g/mol. The Labute approximate surface area is 193 Å². The summed E-state index contributed by atoms with van der Waals surface area (Å²) in [7, 11) is 0. The molecule has 0 bridgehead atoms. The van der Waals surface area contributed by atoms with Gasteiger partial charge in [0.05, 0.1) is 10.8 Å². The largest absolute Gasteiger partial charge is 0.411 e. The van der Waals surface area contributed by atoms with Gasteiger partial charge in [-0.3, -0.25) is 14.5 Å². The van der Waals surface area contributed by atoms with Gasteiger partial charge in [0.2, 0.25) is 5.91 Å². The molecule has 3 heterocycles. The lowest BCUT2D eigenvalue weighted by Gasteiger charge is -2.21. The standard InChI is InChI=1S/C23H19ClN4O3S/c24-15-10-8-14(9-11-15)21(29)28-12-4-3-7-19(22(28)30)32-23-27-26-20(31-23)17-13-25-18-6-2-1-5-16(17)18/h1-2,5-6,8-11,13,19,25H,3-4,7,12H2. The number of para-hydroxylation sites is 1. The molecule has 2 amide bonds. The lowest BCUT2D eigenvalue weighted by Crippen LogP contribution is -2.41. The van der Waals surface area contributed by atoms with Crippen molar-refractivity contribution in [1.82, 2.24) is 20.1 Å². The number of aromatic nitrogens is 3. The van der Waals surface area contributed by atoms with E-state index in [1.165, 1.54) is 16.7 Å². The van der Waals surface area contributed by atoms with E-state index in [1.807, 2.05) is 30.5 Å². The van der Waals surface area contributed by atoms with E-state index < -0.39 is 5.25 Å². The van der Waals surface area contributed by atoms with Crippen LogP contribution in [0.2, 0.25) is 5.02 Å². The van der Waals surface area contributed by atoms with Crippen molar-refractivity contribution in [2.24, 2.45) is 0 Å². The van der Waals surface area contributed by atoms with Crippen molar-refractivity contribution in [3.63, 3.8) is 0 Å². The first-order chi connectivity index (χ1) is 15.6. The van der Waals surface area contributed by atoms with Crippen LogP contribution >= 0.6 is 23.4 Å². The van der Waals surface area contributed by atoms with E-state index >= 15 is 0 Å². The second-order valence-electron chi connectivity index (χ2n) is 7.53. The van der Waals surface area contributed by atoms with E-state index in [1.54, 1.807) is 24.3 Å². The summed E-state index contributed by atoms with van der Waals surface area (Å²) in [6, 6.07) is 14.4. The average Bonchev–Trinajstić information content (AvgIpc) is 3.40. The Morgan fingerprint density at radius 2 is 1.94 bits per heavy atom. The number of carbonyl (C=O) groups is 2. The molecule has 2 aromatic carbocycles. The smallest absolute Gasteiger partial charge is 0.277 e. The number of halogens is 1. The number of nitrogens with one attached hydrogen (secondary N) is 1. The van der Waals surface area contributed by atoms with Crippen LogP contribution in [0.1, 0.15) is 29.6 Å². The van der Waals surface area contributed by atoms with E-state index in [9.17, 15) is 9.59 Å². The minimum Gasteiger partial charge on any atom is -0.411 e. The predicted molar refractivity (Wildman–Crippen MR) is 123 cm³/mol. The quantitative estimate of drug-likeness (QED) is 0.416. The van der Waals surface area contributed by atoms with Gasteiger partial charge in [-0.05, 0) is 43.2 Å². The number of likely N-dealkylation sites (tertiary alicyclic amines) is 1. The molecule has 7 nitrogen and oxygen atoms in total. The second-order valence-corrected chi connectivity index (χ2v) is 9.12. The molecular weight excluding hydrogens is 448 g/mol. The number of aromatic amines is 1. The fourth-order valence-electron chi connectivity index (χ4n) is 3.80. The summed E-state index contributed by atoms with van der Waals surface area (Å²) in [5, 5.41) is 9.68. The van der Waals surface area contributed by atoms with Gasteiger partial charge >= 0.3 is 0 Å². The van der Waals surface area contributed by atoms with Crippen LogP contribution in [0, 0.1) is 0 Å². The van der Waals surface area contributed by atoms with E-state index in [4.69, 9.17) is 16.0 Å². The summed E-state index contributed by atoms with van der Waals surface area (Å²) >= 11 is 7.13. The number of thioether (sulfide) groups is 1. The summed E-state index contributed by atoms with van der Waals surface area (Å²) in [6.45, 7) is 0.391. The molecule has 9 heteroatoms. The van der Waals surface area contributed by atoms with Gasteiger partial charge in [0.15, 0.2) is 0 Å². The van der Waals surface area contributed by atoms with Crippen molar-refractivity contribution in [1.29, 1.82) is 0 Å². The third-order valence-electron chi connectivity index (χ3n) is 5.45. The fourth-order valence-corrected chi connectivity index (χ4v) is 4.90. The Balaban J connectivity index is 1.35. The molecule has 5 rings (SSSR count). The maximum atomic E-state index is 13.2. The maximum absolute atomic E-state index is 13.2. The minimum absolute atomic E-state index is 0.237. The van der Waals surface area contributed by atoms with Crippen molar-refractivity contribution in [3.8, 4) is 11.5 Å². The molecule has 32 heavy (non-hydrogen) atoms. The molecule has 0 spiro atoms. The van der Waals surface area contributed by atoms with Crippen molar-refractivity contribution >= 4 is 46.1 Å². The number of rotatable bonds is 4. The van der Waals surface area contributed by atoms with Crippen LogP contribution in [0.3, 0.4) is 0 Å². The molecular formula is C23H19ClN4O3S. The van der Waals surface area contributed by atoms with E-state index in [0.29, 0.717) is 34.7 Å². The summed E-state index contributed by atoms with van der Waals surface area (Å²) in [5.41, 5.74) is 2.23. The number of nitrogens with zero attached hydrogens (tertiary/aromatic N) is 3. The SMILES string of the molecule is O=C(c1ccc(Cl)cc1)N1CCCCC(Sc2nnc(-c3c[nH]c4ccccc34)o2)C1=O. The van der Waals surface area contributed by atoms with E-state index in [2.05, 4.69) is 15.2 Å². The third-order valence-corrected chi connectivity index (χ3v) is 6.79. The number of hydrogen-bond acceptors (Lipinski definition) is 6. The van der Waals surface area contributed by atoms with Crippen LogP contribution in [0.25, 0.3) is 22.4 Å². The molecule has 1 unspecified atom stereocenters. The Kier molecular flexibility index (Phi) is 5.71. The van der Waals surface area contributed by atoms with Gasteiger partial charge < -0.3 is 9.40 Å². The molecule has 0 aliphatic carbocycles. The predicted octanol–water partition coefficient (Wildman–Crippen LogP) is 5.18. The van der Waals surface area contributed by atoms with Crippen LogP contribution in [0.5, 0.6) is 0 Å². The van der Waals surface area contributed by atoms with Crippen LogP contribution in [-0.4, -0.2) is 43.7 Å². The molecule has 1 atom stereocenters. The molecule has 4 aromatic rings. The van der Waals surface area contributed by atoms with Gasteiger partial charge in [0.25, 0.3) is 17.0 Å². The van der Waals surface area contributed by atoms with Crippen molar-refractivity contribution in [2.75, 3.05) is 6.54 Å². The number of H-pyrrole nitrogens is 1. The zero-order valence-corrected chi connectivity index (χ0v) is 18.5. The average molecular weight is 467 g/mol. The molecule has 1 aliphatic rings. The van der Waals surface area contributed by atoms with Gasteiger partial charge in [0.1, 0.15) is 0 Å². The van der Waals surface area contributed by atoms with Crippen molar-refractivity contribution in [2.45, 2.75) is 29.7 Å². The summed E-state index contributed by atoms with van der Waals surface area (Å²) in [5.74, 6) is -0.163. The van der Waals surface area contributed by atoms with Crippen LogP contribution in [0.15, 0.2) is 64.4 Å². The number of hydrogen-bond donors (Lipinski definition) is 1. The maximum Gasteiger partial charge on any atom is 0.277 e. The topological polar surface area (TPSA) is 92.1 Å². The number of amides is 2. The Hall–Kier alpha value is -3.10. The molecule has 1 aliphatic heterocycles. The molecule has 162 valence electrons. The Bertz CT molecular complexity index is 1280. The molecule has 2 aromatic heterocycles. The summed E-state index contributed by atoms with van der Waals surface area (Å²) in [4.78, 5) is 30.7. The lowest BCUT2D eigenvalue weighted by atomic mass is 10.2. The third kappa shape index (κ3) is 4.03. The molecule has 0 saturated carbocycles. The lowest BCUT2D eigenvalue weighted by molar-refractivity contribution is -0.127. The van der Waals surface area contributed by atoms with Gasteiger partial charge in [-0.25, -0.2) is 0 Å². The summed E-state index contributed by atoms with van der Waals surface area (Å²) < 4.78 is 5.87. The van der Waals surface area contributed by atoms with Gasteiger partial charge in [-0.2, -0.15) is 0 Å². The number of fused-ring (bicyclic) bond motifs is 1. The highest BCUT2D eigenvalue weighted by Crippen LogP contribution is 2.33. The zero-order valence-electron chi connectivity index (χ0n) is 17.0. The highest BCUT2D eigenvalue weighted by atomic mass is 35.5. The Morgan fingerprint density at radius 1 is 1.12 bits per heavy atom. The zero-order chi connectivity index (χ0) is 22.1. The second kappa shape index (κ2) is 8.80. The molecule has 1 fully saturated rings. The highest BCUT2D eigenvalue weighted by Gasteiger charge is 2.33.